The molecule has 0 spiro atoms. The molecule has 1 aliphatic heterocycles. The van der Waals surface area contributed by atoms with Crippen LogP contribution in [0.1, 0.15) is 22.8 Å². The quantitative estimate of drug-likeness (QED) is 0.564. The second-order valence-electron chi connectivity index (χ2n) is 5.80. The van der Waals surface area contributed by atoms with Crippen LogP contribution in [0.3, 0.4) is 0 Å². The highest BCUT2D eigenvalue weighted by molar-refractivity contribution is 6.45. The van der Waals surface area contributed by atoms with Crippen LogP contribution in [0.5, 0.6) is 0 Å². The molecule has 1 aromatic heterocycles. The third-order valence-electron chi connectivity index (χ3n) is 4.19. The Kier molecular flexibility index (Phi) is 4.64. The van der Waals surface area contributed by atoms with E-state index in [0.717, 1.165) is 0 Å². The van der Waals surface area contributed by atoms with Gasteiger partial charge in [-0.3, -0.25) is 9.56 Å². The summed E-state index contributed by atoms with van der Waals surface area (Å²) in [4.78, 5) is 4.60. The van der Waals surface area contributed by atoms with Gasteiger partial charge in [-0.25, -0.2) is 4.39 Å². The van der Waals surface area contributed by atoms with Crippen LogP contribution in [0, 0.1) is 5.82 Å². The normalized spacial score (nSPS) is 13.1. The predicted molar refractivity (Wildman–Crippen MR) is 106 cm³/mol. The van der Waals surface area contributed by atoms with Crippen LogP contribution >= 0.6 is 23.2 Å². The van der Waals surface area contributed by atoms with Gasteiger partial charge >= 0.3 is 0 Å². The minimum absolute atomic E-state index is 0.223. The van der Waals surface area contributed by atoms with E-state index in [2.05, 4.69) is 21.8 Å². The molecule has 0 atom stereocenters. The molecule has 2 heterocycles. The fourth-order valence-electron chi connectivity index (χ4n) is 3.01. The minimum atomic E-state index is -0.386. The highest BCUT2D eigenvalue weighted by Gasteiger charge is 2.26. The Morgan fingerprint density at radius 3 is 2.70 bits per heavy atom. The SMILES string of the molecule is C=C/C=C/c1nnc2n1-c1ccc(Cl)c(Cl)c1C(c1ccccc1F)=NC2. The number of aliphatic imine (C=N–C) groups is 1. The average molecular weight is 399 g/mol. The molecule has 0 amide bonds. The van der Waals surface area contributed by atoms with Gasteiger partial charge in [-0.15, -0.1) is 10.2 Å². The molecule has 7 heteroatoms. The fraction of sp³-hybridized carbons (Fsp3) is 0.0500. The third-order valence-corrected chi connectivity index (χ3v) is 5.00. The second kappa shape index (κ2) is 7.10. The van der Waals surface area contributed by atoms with Gasteiger partial charge in [0.2, 0.25) is 0 Å². The molecule has 0 aliphatic carbocycles. The largest absolute Gasteiger partial charge is 0.277 e. The highest BCUT2D eigenvalue weighted by Crippen LogP contribution is 2.36. The Hall–Kier alpha value is -2.76. The van der Waals surface area contributed by atoms with E-state index in [1.165, 1.54) is 6.07 Å². The topological polar surface area (TPSA) is 43.1 Å². The van der Waals surface area contributed by atoms with Crippen molar-refractivity contribution >= 4 is 35.0 Å². The zero-order chi connectivity index (χ0) is 19.0. The minimum Gasteiger partial charge on any atom is -0.277 e. The van der Waals surface area contributed by atoms with Gasteiger partial charge in [-0.2, -0.15) is 0 Å². The first-order valence-electron chi connectivity index (χ1n) is 8.13. The number of nitrogens with zero attached hydrogens (tertiary/aromatic N) is 4. The molecule has 0 bridgehead atoms. The van der Waals surface area contributed by atoms with E-state index >= 15 is 0 Å². The molecule has 3 aromatic rings. The Labute approximate surface area is 165 Å². The van der Waals surface area contributed by atoms with E-state index in [4.69, 9.17) is 23.2 Å². The number of rotatable bonds is 3. The maximum Gasteiger partial charge on any atom is 0.161 e. The summed E-state index contributed by atoms with van der Waals surface area (Å²) < 4.78 is 16.4. The van der Waals surface area contributed by atoms with E-state index in [-0.39, 0.29) is 12.4 Å². The van der Waals surface area contributed by atoms with Gasteiger partial charge in [0, 0.05) is 11.1 Å². The van der Waals surface area contributed by atoms with E-state index in [1.54, 1.807) is 42.5 Å². The molecule has 4 nitrogen and oxygen atoms in total. The second-order valence-corrected chi connectivity index (χ2v) is 6.59. The maximum absolute atomic E-state index is 14.5. The van der Waals surface area contributed by atoms with Crippen molar-refractivity contribution in [1.82, 2.24) is 14.8 Å². The van der Waals surface area contributed by atoms with Gasteiger partial charge in [-0.1, -0.05) is 54.1 Å². The summed E-state index contributed by atoms with van der Waals surface area (Å²) in [6.45, 7) is 3.90. The van der Waals surface area contributed by atoms with Crippen molar-refractivity contribution in [3.8, 4) is 5.69 Å². The average Bonchev–Trinajstić information content (AvgIpc) is 2.99. The summed E-state index contributed by atoms with van der Waals surface area (Å²) in [6, 6.07) is 9.94. The van der Waals surface area contributed by atoms with E-state index in [9.17, 15) is 4.39 Å². The standard InChI is InChI=1S/C20H13Cl2FN4/c1-2-3-8-16-25-26-17-11-24-20(12-6-4-5-7-14(12)23)18-15(27(16)17)10-9-13(21)19(18)22/h2-10H,1,11H2/b8-3+. The van der Waals surface area contributed by atoms with E-state index in [0.29, 0.717) is 44.2 Å². The number of allylic oxidation sites excluding steroid dienone is 2. The van der Waals surface area contributed by atoms with Crippen molar-refractivity contribution in [2.24, 2.45) is 4.99 Å². The molecule has 27 heavy (non-hydrogen) atoms. The predicted octanol–water partition coefficient (Wildman–Crippen LogP) is 5.26. The van der Waals surface area contributed by atoms with Crippen molar-refractivity contribution in [2.75, 3.05) is 0 Å². The summed E-state index contributed by atoms with van der Waals surface area (Å²) >= 11 is 12.8. The molecule has 1 aliphatic rings. The summed E-state index contributed by atoms with van der Waals surface area (Å²) in [7, 11) is 0. The van der Waals surface area contributed by atoms with Crippen LogP contribution < -0.4 is 0 Å². The van der Waals surface area contributed by atoms with E-state index < -0.39 is 0 Å². The number of aromatic nitrogens is 3. The number of hydrogen-bond donors (Lipinski definition) is 0. The number of halogens is 3. The molecular weight excluding hydrogens is 386 g/mol. The van der Waals surface area contributed by atoms with Gasteiger partial charge in [0.15, 0.2) is 11.6 Å². The van der Waals surface area contributed by atoms with Crippen LogP contribution in [0.2, 0.25) is 10.0 Å². The summed E-state index contributed by atoms with van der Waals surface area (Å²) in [5.74, 6) is 0.821. The van der Waals surface area contributed by atoms with Crippen LogP contribution in [-0.4, -0.2) is 20.5 Å². The number of benzene rings is 2. The first-order chi connectivity index (χ1) is 13.1. The Bertz CT molecular complexity index is 1120. The number of fused-ring (bicyclic) bond motifs is 3. The zero-order valence-electron chi connectivity index (χ0n) is 14.0. The Morgan fingerprint density at radius 2 is 1.93 bits per heavy atom. The molecule has 0 unspecified atom stereocenters. The van der Waals surface area contributed by atoms with Gasteiger partial charge < -0.3 is 0 Å². The van der Waals surface area contributed by atoms with Crippen molar-refractivity contribution in [2.45, 2.75) is 6.54 Å². The van der Waals surface area contributed by atoms with Gasteiger partial charge in [0.05, 0.1) is 21.4 Å². The van der Waals surface area contributed by atoms with Gasteiger partial charge in [0.25, 0.3) is 0 Å². The molecule has 0 fully saturated rings. The summed E-state index contributed by atoms with van der Waals surface area (Å²) in [5, 5.41) is 9.09. The van der Waals surface area contributed by atoms with Crippen molar-refractivity contribution in [3.63, 3.8) is 0 Å². The lowest BCUT2D eigenvalue weighted by Gasteiger charge is -2.15. The number of hydrogen-bond acceptors (Lipinski definition) is 3. The smallest absolute Gasteiger partial charge is 0.161 e. The van der Waals surface area contributed by atoms with Crippen LogP contribution in [0.15, 0.2) is 60.1 Å². The van der Waals surface area contributed by atoms with Gasteiger partial charge in [0.1, 0.15) is 12.4 Å². The van der Waals surface area contributed by atoms with Crippen molar-refractivity contribution in [1.29, 1.82) is 0 Å². The molecule has 134 valence electrons. The fourth-order valence-corrected chi connectivity index (χ4v) is 3.42. The summed E-state index contributed by atoms with van der Waals surface area (Å²) in [5.41, 5.74) is 2.01. The lowest BCUT2D eigenvalue weighted by Crippen LogP contribution is -2.11. The first-order valence-corrected chi connectivity index (χ1v) is 8.89. The monoisotopic (exact) mass is 398 g/mol. The third kappa shape index (κ3) is 2.99. The van der Waals surface area contributed by atoms with E-state index in [1.807, 2.05) is 10.6 Å². The molecule has 4 rings (SSSR count). The van der Waals surface area contributed by atoms with Crippen molar-refractivity contribution in [3.05, 3.63) is 93.8 Å². The zero-order valence-corrected chi connectivity index (χ0v) is 15.5. The maximum atomic E-state index is 14.5. The Balaban J connectivity index is 2.04. The molecular formula is C20H13Cl2FN4. The molecule has 0 saturated heterocycles. The van der Waals surface area contributed by atoms with Gasteiger partial charge in [-0.05, 0) is 30.3 Å². The summed E-state index contributed by atoms with van der Waals surface area (Å²) in [6.07, 6.45) is 5.19. The Morgan fingerprint density at radius 1 is 1.11 bits per heavy atom. The van der Waals surface area contributed by atoms with Crippen LogP contribution in [0.4, 0.5) is 4.39 Å². The van der Waals surface area contributed by atoms with Crippen LogP contribution in [0.25, 0.3) is 11.8 Å². The molecule has 0 N–H and O–H groups in total. The first kappa shape index (κ1) is 17.6. The molecule has 0 radical (unpaired) electrons. The lowest BCUT2D eigenvalue weighted by molar-refractivity contribution is 0.625. The van der Waals surface area contributed by atoms with Crippen molar-refractivity contribution < 1.29 is 4.39 Å². The molecule has 2 aromatic carbocycles. The molecule has 0 saturated carbocycles. The highest BCUT2D eigenvalue weighted by atomic mass is 35.5. The van der Waals surface area contributed by atoms with Crippen LogP contribution in [-0.2, 0) is 6.54 Å². The lowest BCUT2D eigenvalue weighted by atomic mass is 9.99.